The Balaban J connectivity index is 1.82. The summed E-state index contributed by atoms with van der Waals surface area (Å²) in [6, 6.07) is 16.4. The lowest BCUT2D eigenvalue weighted by Gasteiger charge is -2.36. The van der Waals surface area contributed by atoms with Gasteiger partial charge in [-0.25, -0.2) is 0 Å². The lowest BCUT2D eigenvalue weighted by atomic mass is 10.1. The maximum atomic E-state index is 12.5. The van der Waals surface area contributed by atoms with Gasteiger partial charge in [-0.3, -0.25) is 4.79 Å². The fraction of sp³-hybridized carbons (Fsp3) is 0.130. The molecule has 2 heterocycles. The molecule has 0 aliphatic carbocycles. The highest BCUT2D eigenvalue weighted by atomic mass is 35.5. The standard InChI is InChI=1S/C23H17Cl2N3O2S/c1-12-3-5-15(9-13(12)2)28-21(27-22(29)17(11-26)23(28)31)20-8-7-19(30-20)16-10-14(24)4-6-18(16)25/h3-10,21,31H,1-2H3,(H,27,29). The molecule has 1 aromatic heterocycles. The Morgan fingerprint density at radius 1 is 1.10 bits per heavy atom. The van der Waals surface area contributed by atoms with E-state index in [1.165, 1.54) is 0 Å². The van der Waals surface area contributed by atoms with Crippen molar-refractivity contribution in [1.29, 1.82) is 5.26 Å². The SMILES string of the molecule is Cc1ccc(N2C(S)=C(C#N)C(=O)NC2c2ccc(-c3cc(Cl)ccc3Cl)o2)cc1C. The van der Waals surface area contributed by atoms with Gasteiger partial charge in [0.2, 0.25) is 0 Å². The van der Waals surface area contributed by atoms with E-state index in [-0.39, 0.29) is 10.6 Å². The molecule has 1 amide bonds. The van der Waals surface area contributed by atoms with Gasteiger partial charge in [0.15, 0.2) is 6.17 Å². The summed E-state index contributed by atoms with van der Waals surface area (Å²) in [6.45, 7) is 4.01. The van der Waals surface area contributed by atoms with Crippen molar-refractivity contribution >= 4 is 47.4 Å². The zero-order valence-electron chi connectivity index (χ0n) is 16.6. The van der Waals surface area contributed by atoms with Gasteiger partial charge in [0.1, 0.15) is 23.2 Å². The van der Waals surface area contributed by atoms with Crippen LogP contribution in [-0.4, -0.2) is 5.91 Å². The second kappa shape index (κ2) is 8.35. The molecule has 1 N–H and O–H groups in total. The molecule has 5 nitrogen and oxygen atoms in total. The Morgan fingerprint density at radius 3 is 2.58 bits per heavy atom. The van der Waals surface area contributed by atoms with Crippen molar-refractivity contribution in [2.45, 2.75) is 20.0 Å². The summed E-state index contributed by atoms with van der Waals surface area (Å²) in [5.41, 5.74) is 3.53. The first-order valence-corrected chi connectivity index (χ1v) is 10.6. The minimum atomic E-state index is -0.703. The van der Waals surface area contributed by atoms with Crippen molar-refractivity contribution in [3.05, 3.63) is 86.1 Å². The van der Waals surface area contributed by atoms with E-state index >= 15 is 0 Å². The van der Waals surface area contributed by atoms with Crippen LogP contribution in [0, 0.1) is 25.2 Å². The average Bonchev–Trinajstić information content (AvgIpc) is 3.22. The molecular formula is C23H17Cl2N3O2S. The van der Waals surface area contributed by atoms with E-state index in [2.05, 4.69) is 17.9 Å². The van der Waals surface area contributed by atoms with Crippen LogP contribution in [0.2, 0.25) is 10.0 Å². The molecule has 31 heavy (non-hydrogen) atoms. The number of aryl methyl sites for hydroxylation is 2. The Morgan fingerprint density at radius 2 is 1.87 bits per heavy atom. The van der Waals surface area contributed by atoms with Crippen molar-refractivity contribution in [3.63, 3.8) is 0 Å². The van der Waals surface area contributed by atoms with Gasteiger partial charge < -0.3 is 14.6 Å². The summed E-state index contributed by atoms with van der Waals surface area (Å²) >= 11 is 16.9. The molecule has 4 rings (SSSR count). The van der Waals surface area contributed by atoms with Crippen LogP contribution in [-0.2, 0) is 4.79 Å². The zero-order chi connectivity index (χ0) is 22.3. The molecule has 0 bridgehead atoms. The number of carbonyl (C=O) groups is 1. The molecule has 0 radical (unpaired) electrons. The highest BCUT2D eigenvalue weighted by Gasteiger charge is 2.36. The van der Waals surface area contributed by atoms with Crippen LogP contribution >= 0.6 is 35.8 Å². The largest absolute Gasteiger partial charge is 0.457 e. The van der Waals surface area contributed by atoms with Gasteiger partial charge in [-0.2, -0.15) is 5.26 Å². The molecule has 0 spiro atoms. The summed E-state index contributed by atoms with van der Waals surface area (Å²) in [6.07, 6.45) is -0.703. The third-order valence-corrected chi connectivity index (χ3v) is 6.18. The number of amides is 1. The number of carbonyl (C=O) groups excluding carboxylic acids is 1. The Bertz CT molecular complexity index is 1280. The number of rotatable bonds is 3. The second-order valence-corrected chi connectivity index (χ2v) is 8.42. The summed E-state index contributed by atoms with van der Waals surface area (Å²) < 4.78 is 6.08. The predicted molar refractivity (Wildman–Crippen MR) is 125 cm³/mol. The molecular weight excluding hydrogens is 453 g/mol. The Labute approximate surface area is 195 Å². The molecule has 0 saturated heterocycles. The van der Waals surface area contributed by atoms with Gasteiger partial charge in [0.05, 0.1) is 10.1 Å². The van der Waals surface area contributed by atoms with Crippen LogP contribution in [0.15, 0.2) is 63.6 Å². The maximum Gasteiger partial charge on any atom is 0.266 e. The Hall–Kier alpha value is -2.85. The molecule has 1 aliphatic rings. The highest BCUT2D eigenvalue weighted by Crippen LogP contribution is 2.39. The fourth-order valence-electron chi connectivity index (χ4n) is 3.38. The predicted octanol–water partition coefficient (Wildman–Crippen LogP) is 6.17. The number of hydrogen-bond acceptors (Lipinski definition) is 5. The van der Waals surface area contributed by atoms with Crippen LogP contribution in [0.5, 0.6) is 0 Å². The number of halogens is 2. The fourth-order valence-corrected chi connectivity index (χ4v) is 4.15. The van der Waals surface area contributed by atoms with E-state index in [0.717, 1.165) is 16.8 Å². The van der Waals surface area contributed by atoms with Crippen molar-refractivity contribution in [1.82, 2.24) is 5.32 Å². The number of benzene rings is 2. The molecule has 1 aliphatic heterocycles. The van der Waals surface area contributed by atoms with Crippen LogP contribution < -0.4 is 10.2 Å². The molecule has 0 saturated carbocycles. The first-order valence-electron chi connectivity index (χ1n) is 9.36. The summed E-state index contributed by atoms with van der Waals surface area (Å²) in [4.78, 5) is 14.3. The molecule has 1 unspecified atom stereocenters. The second-order valence-electron chi connectivity index (χ2n) is 7.15. The average molecular weight is 470 g/mol. The van der Waals surface area contributed by atoms with E-state index < -0.39 is 12.1 Å². The van der Waals surface area contributed by atoms with E-state index in [9.17, 15) is 10.1 Å². The molecule has 8 heteroatoms. The number of thiol groups is 1. The van der Waals surface area contributed by atoms with Crippen LogP contribution in [0.3, 0.4) is 0 Å². The highest BCUT2D eigenvalue weighted by molar-refractivity contribution is 7.84. The first kappa shape index (κ1) is 21.4. The third-order valence-electron chi connectivity index (χ3n) is 5.18. The quantitative estimate of drug-likeness (QED) is 0.449. The minimum absolute atomic E-state index is 0.0672. The topological polar surface area (TPSA) is 69.3 Å². The number of nitrogens with zero attached hydrogens (tertiary/aromatic N) is 2. The molecule has 3 aromatic rings. The minimum Gasteiger partial charge on any atom is -0.457 e. The van der Waals surface area contributed by atoms with Crippen molar-refractivity contribution in [3.8, 4) is 17.4 Å². The van der Waals surface area contributed by atoms with E-state index in [1.54, 1.807) is 35.2 Å². The maximum absolute atomic E-state index is 12.5. The van der Waals surface area contributed by atoms with Gasteiger partial charge in [-0.1, -0.05) is 29.3 Å². The molecule has 1 atom stereocenters. The van der Waals surface area contributed by atoms with Crippen LogP contribution in [0.25, 0.3) is 11.3 Å². The van der Waals surface area contributed by atoms with Crippen molar-refractivity contribution < 1.29 is 9.21 Å². The van der Waals surface area contributed by atoms with Gasteiger partial charge in [-0.15, -0.1) is 12.6 Å². The van der Waals surface area contributed by atoms with Gasteiger partial charge >= 0.3 is 0 Å². The van der Waals surface area contributed by atoms with E-state index in [1.807, 2.05) is 38.1 Å². The molecule has 0 fully saturated rings. The Kier molecular flexibility index (Phi) is 5.76. The molecule has 2 aromatic carbocycles. The number of nitrogens with one attached hydrogen (secondary N) is 1. The van der Waals surface area contributed by atoms with Crippen LogP contribution in [0.4, 0.5) is 5.69 Å². The lowest BCUT2D eigenvalue weighted by Crippen LogP contribution is -2.45. The first-order chi connectivity index (χ1) is 14.8. The molecule has 156 valence electrons. The number of nitriles is 1. The summed E-state index contributed by atoms with van der Waals surface area (Å²) in [7, 11) is 0. The lowest BCUT2D eigenvalue weighted by molar-refractivity contribution is -0.118. The van der Waals surface area contributed by atoms with Crippen molar-refractivity contribution in [2.75, 3.05) is 4.90 Å². The van der Waals surface area contributed by atoms with Gasteiger partial charge in [0, 0.05) is 16.3 Å². The number of anilines is 1. The van der Waals surface area contributed by atoms with Crippen LogP contribution in [0.1, 0.15) is 23.1 Å². The number of hydrogen-bond donors (Lipinski definition) is 2. The van der Waals surface area contributed by atoms with Gasteiger partial charge in [0.25, 0.3) is 5.91 Å². The van der Waals surface area contributed by atoms with Gasteiger partial charge in [-0.05, 0) is 67.4 Å². The van der Waals surface area contributed by atoms with E-state index in [4.69, 9.17) is 27.6 Å². The normalized spacial score (nSPS) is 16.3. The number of furan rings is 1. The van der Waals surface area contributed by atoms with E-state index in [0.29, 0.717) is 27.1 Å². The van der Waals surface area contributed by atoms with Crippen molar-refractivity contribution in [2.24, 2.45) is 0 Å². The monoisotopic (exact) mass is 469 g/mol. The zero-order valence-corrected chi connectivity index (χ0v) is 19.0. The summed E-state index contributed by atoms with van der Waals surface area (Å²) in [5, 5.41) is 13.6. The summed E-state index contributed by atoms with van der Waals surface area (Å²) in [5.74, 6) is 0.449. The third kappa shape index (κ3) is 3.92. The smallest absolute Gasteiger partial charge is 0.266 e.